The van der Waals surface area contributed by atoms with E-state index in [0.29, 0.717) is 0 Å². The molecule has 1 N–H and O–H groups in total. The van der Waals surface area contributed by atoms with Crippen molar-refractivity contribution in [2.24, 2.45) is 0 Å². The second-order valence-electron chi connectivity index (χ2n) is 12.1. The van der Waals surface area contributed by atoms with Gasteiger partial charge in [-0.25, -0.2) is 8.93 Å². The molecule has 37 heavy (non-hydrogen) atoms. The van der Waals surface area contributed by atoms with Crippen molar-refractivity contribution in [3.05, 3.63) is 77.9 Å². The van der Waals surface area contributed by atoms with Gasteiger partial charge in [0.15, 0.2) is 0 Å². The average Bonchev–Trinajstić information content (AvgIpc) is 2.93. The highest BCUT2D eigenvalue weighted by atomic mass is 32.2. The Labute approximate surface area is 228 Å². The summed E-state index contributed by atoms with van der Waals surface area (Å²) in [5.74, 6) is 0. The van der Waals surface area contributed by atoms with Gasteiger partial charge in [-0.1, -0.05) is 113 Å². The molecule has 2 nitrogen and oxygen atoms in total. The van der Waals surface area contributed by atoms with Gasteiger partial charge in [-0.05, 0) is 85.0 Å². The first-order valence-electron chi connectivity index (χ1n) is 14.5. The van der Waals surface area contributed by atoms with Crippen LogP contribution in [0.4, 0.5) is 0 Å². The van der Waals surface area contributed by atoms with Gasteiger partial charge in [-0.3, -0.25) is 0 Å². The lowest BCUT2D eigenvalue weighted by molar-refractivity contribution is 0.487. The van der Waals surface area contributed by atoms with Crippen molar-refractivity contribution in [2.75, 3.05) is 0 Å². The fourth-order valence-electron chi connectivity index (χ4n) is 6.46. The van der Waals surface area contributed by atoms with Crippen LogP contribution in [0.3, 0.4) is 0 Å². The van der Waals surface area contributed by atoms with E-state index in [1.165, 1.54) is 86.1 Å². The Bertz CT molecular complexity index is 1180. The van der Waals surface area contributed by atoms with Gasteiger partial charge in [0, 0.05) is 0 Å². The van der Waals surface area contributed by atoms with Gasteiger partial charge in [0.25, 0.3) is 0 Å². The molecule has 0 aliphatic heterocycles. The van der Waals surface area contributed by atoms with Crippen molar-refractivity contribution in [3.63, 3.8) is 0 Å². The lowest BCUT2D eigenvalue weighted by Gasteiger charge is -2.40. The number of rotatable bonds is 7. The molecule has 0 unspecified atom stereocenters. The lowest BCUT2D eigenvalue weighted by Crippen LogP contribution is -2.38. The predicted octanol–water partition coefficient (Wildman–Crippen LogP) is 8.75. The van der Waals surface area contributed by atoms with Gasteiger partial charge in [-0.15, -0.1) is 0 Å². The van der Waals surface area contributed by atoms with Crippen molar-refractivity contribution >= 4 is 35.0 Å². The lowest BCUT2D eigenvalue weighted by atomic mass is 9.94. The Hall–Kier alpha value is -1.54. The maximum Gasteiger partial charge on any atom is 0.0979 e. The van der Waals surface area contributed by atoms with E-state index in [1.54, 1.807) is 5.30 Å². The molecule has 0 aromatic heterocycles. The third-order valence-electron chi connectivity index (χ3n) is 8.38. The molecule has 0 saturated heterocycles. The first-order chi connectivity index (χ1) is 17.9. The summed E-state index contributed by atoms with van der Waals surface area (Å²) < 4.78 is 17.0. The first-order valence-corrected chi connectivity index (χ1v) is 17.1. The maximum absolute atomic E-state index is 13.6. The third-order valence-corrected chi connectivity index (χ3v) is 13.5. The summed E-state index contributed by atoms with van der Waals surface area (Å²) in [5.41, 5.74) is 4.26. The summed E-state index contributed by atoms with van der Waals surface area (Å²) in [7, 11) is -1.46. The molecule has 198 valence electrons. The van der Waals surface area contributed by atoms with E-state index < -0.39 is 11.0 Å². The van der Waals surface area contributed by atoms with Gasteiger partial charge >= 0.3 is 0 Å². The van der Waals surface area contributed by atoms with Crippen LogP contribution in [0, 0.1) is 0 Å². The van der Waals surface area contributed by atoms with E-state index in [4.69, 9.17) is 0 Å². The molecule has 4 heteroatoms. The highest BCUT2D eigenvalue weighted by Crippen LogP contribution is 2.56. The minimum atomic E-state index is -1.19. The fourth-order valence-corrected chi connectivity index (χ4v) is 11.3. The zero-order valence-electron chi connectivity index (χ0n) is 22.9. The summed E-state index contributed by atoms with van der Waals surface area (Å²) in [5, 5.41) is 4.07. The molecule has 2 fully saturated rings. The molecule has 0 amide bonds. The van der Waals surface area contributed by atoms with Crippen LogP contribution in [-0.2, 0) is 11.0 Å². The number of benzene rings is 3. The molecular weight excluding hydrogens is 489 g/mol. The number of hydrogen-bond donors (Lipinski definition) is 1. The van der Waals surface area contributed by atoms with Crippen LogP contribution in [0.1, 0.15) is 102 Å². The van der Waals surface area contributed by atoms with Crippen LogP contribution < -0.4 is 10.0 Å². The quantitative estimate of drug-likeness (QED) is 0.302. The number of hydrogen-bond acceptors (Lipinski definition) is 1. The molecule has 2 aliphatic rings. The zero-order chi connectivity index (χ0) is 25.8. The van der Waals surface area contributed by atoms with Crippen LogP contribution in [0.25, 0.3) is 10.8 Å². The van der Waals surface area contributed by atoms with Gasteiger partial charge in [-0.2, -0.15) is 0 Å². The number of nitrogens with one attached hydrogen (secondary N) is 1. The van der Waals surface area contributed by atoms with Gasteiger partial charge < -0.3 is 0 Å². The van der Waals surface area contributed by atoms with Crippen LogP contribution in [0.2, 0.25) is 0 Å². The molecule has 2 saturated carbocycles. The van der Waals surface area contributed by atoms with E-state index >= 15 is 0 Å². The monoisotopic (exact) mass is 533 g/mol. The molecule has 2 aliphatic carbocycles. The molecular formula is C33H44NOPS. The fraction of sp³-hybridized carbons (Fsp3) is 0.515. The predicted molar refractivity (Wildman–Crippen MR) is 164 cm³/mol. The zero-order valence-corrected chi connectivity index (χ0v) is 24.6. The molecule has 0 heterocycles. The smallest absolute Gasteiger partial charge is 0.0979 e. The Balaban J connectivity index is 1.65. The minimum Gasteiger partial charge on any atom is -0.242 e. The number of fused-ring (bicyclic) bond motifs is 1. The summed E-state index contributed by atoms with van der Waals surface area (Å²) >= 11 is 0. The summed E-state index contributed by atoms with van der Waals surface area (Å²) in [6, 6.07) is 24.4. The van der Waals surface area contributed by atoms with E-state index in [0.717, 1.165) is 11.3 Å². The van der Waals surface area contributed by atoms with E-state index in [2.05, 4.69) is 92.2 Å². The normalized spacial score (nSPS) is 19.8. The van der Waals surface area contributed by atoms with Crippen molar-refractivity contribution in [2.45, 2.75) is 107 Å². The van der Waals surface area contributed by atoms with E-state index in [9.17, 15) is 4.21 Å². The average molecular weight is 534 g/mol. The van der Waals surface area contributed by atoms with Gasteiger partial charge in [0.05, 0.1) is 21.8 Å². The van der Waals surface area contributed by atoms with E-state index in [-0.39, 0.29) is 18.7 Å². The van der Waals surface area contributed by atoms with Crippen molar-refractivity contribution in [1.29, 1.82) is 0 Å². The van der Waals surface area contributed by atoms with Crippen LogP contribution >= 0.6 is 7.92 Å². The molecule has 0 radical (unpaired) electrons. The standard InChI is InChI=1S/C33H44NOPS/c1-33(2,3)37(35)34-32(29-23-14-16-25-15-10-11-21-28(25)29)30-22-12-13-24-31(30)36(26-17-6-4-7-18-26)27-19-8-5-9-20-27/h10-16,21-24,26-27,32,34H,4-9,17-20H2,1-3H3/t32-,37+/m1/s1. The van der Waals surface area contributed by atoms with Crippen LogP contribution in [0.15, 0.2) is 66.7 Å². The van der Waals surface area contributed by atoms with Crippen LogP contribution in [0.5, 0.6) is 0 Å². The largest absolute Gasteiger partial charge is 0.242 e. The Morgan fingerprint density at radius 3 is 1.92 bits per heavy atom. The highest BCUT2D eigenvalue weighted by molar-refractivity contribution is 7.84. The van der Waals surface area contributed by atoms with Gasteiger partial charge in [0.2, 0.25) is 0 Å². The Morgan fingerprint density at radius 1 is 0.730 bits per heavy atom. The van der Waals surface area contributed by atoms with E-state index in [1.807, 2.05) is 0 Å². The molecule has 0 spiro atoms. The molecule has 3 aromatic rings. The van der Waals surface area contributed by atoms with Crippen molar-refractivity contribution in [3.8, 4) is 0 Å². The molecule has 3 aromatic carbocycles. The minimum absolute atomic E-state index is 0.0976. The summed E-state index contributed by atoms with van der Waals surface area (Å²) in [4.78, 5) is 0. The molecule has 5 rings (SSSR count). The van der Waals surface area contributed by atoms with Crippen molar-refractivity contribution in [1.82, 2.24) is 4.72 Å². The topological polar surface area (TPSA) is 29.1 Å². The molecule has 0 bridgehead atoms. The van der Waals surface area contributed by atoms with Gasteiger partial charge in [0.1, 0.15) is 0 Å². The van der Waals surface area contributed by atoms with Crippen molar-refractivity contribution < 1.29 is 4.21 Å². The highest BCUT2D eigenvalue weighted by Gasteiger charge is 2.35. The Morgan fingerprint density at radius 2 is 1.27 bits per heavy atom. The summed E-state index contributed by atoms with van der Waals surface area (Å²) in [6.07, 6.45) is 13.9. The summed E-state index contributed by atoms with van der Waals surface area (Å²) in [6.45, 7) is 6.21. The second kappa shape index (κ2) is 12.1. The first kappa shape index (κ1) is 27.0. The maximum atomic E-state index is 13.6. The Kier molecular flexibility index (Phi) is 8.85. The third kappa shape index (κ3) is 6.21. The second-order valence-corrected chi connectivity index (χ2v) is 16.8. The van der Waals surface area contributed by atoms with Crippen LogP contribution in [-0.4, -0.2) is 20.3 Å². The SMILES string of the molecule is CC(C)(C)[S@](=O)N[C@@H](c1ccccc1P(C1CCCCC1)C1CCCCC1)c1cccc2ccccc12. The molecule has 2 atom stereocenters.